The SMILES string of the molecule is COCCOCCOCCOCCC(=O)N(CC(=O)C[C@H](C(=O)N[C@@H](C)C(=O)Cc1ccc(COC(=O)CCc2ccc([C@H]3O[C@@H]3[C@@H](C)[C@@H]3C/C=C/C(=O)N[C@H](Cc4ccc(C)c(Cl)c4)C(=O)NCC(C)(C)C(=O)N[C@@H](CC(C)C)C(=O)O3)cc2)cc1)C(C)C)CC(=O)ON1C(=O)CCC1=O. The second-order valence-corrected chi connectivity index (χ2v) is 27.6. The summed E-state index contributed by atoms with van der Waals surface area (Å²) >= 11 is 6.41. The van der Waals surface area contributed by atoms with E-state index in [-0.39, 0.29) is 121 Å². The molecule has 101 heavy (non-hydrogen) atoms. The largest absolute Gasteiger partial charge is 0.461 e. The van der Waals surface area contributed by atoms with Crippen molar-refractivity contribution in [2.24, 2.45) is 29.1 Å². The van der Waals surface area contributed by atoms with Crippen molar-refractivity contribution in [1.82, 2.24) is 31.2 Å². The Morgan fingerprint density at radius 1 is 0.743 bits per heavy atom. The van der Waals surface area contributed by atoms with Crippen molar-refractivity contribution >= 4 is 82.4 Å². The normalized spacial score (nSPS) is 20.0. The average molecular weight is 1430 g/mol. The second kappa shape index (κ2) is 40.4. The van der Waals surface area contributed by atoms with Crippen LogP contribution in [0, 0.1) is 36.0 Å². The Morgan fingerprint density at radius 2 is 1.37 bits per heavy atom. The maximum atomic E-state index is 14.1. The van der Waals surface area contributed by atoms with Crippen molar-refractivity contribution in [2.45, 2.75) is 170 Å². The smallest absolute Gasteiger partial charge is 0.352 e. The van der Waals surface area contributed by atoms with Crippen LogP contribution < -0.4 is 21.3 Å². The Balaban J connectivity index is 0.960. The van der Waals surface area contributed by atoms with Gasteiger partial charge in [-0.1, -0.05) is 113 Å². The van der Waals surface area contributed by atoms with Crippen LogP contribution in [0.3, 0.4) is 0 Å². The molecule has 0 spiro atoms. The highest BCUT2D eigenvalue weighted by molar-refractivity contribution is 6.31. The minimum atomic E-state index is -1.16. The maximum absolute atomic E-state index is 14.1. The van der Waals surface area contributed by atoms with Gasteiger partial charge in [-0.2, -0.15) is 0 Å². The van der Waals surface area contributed by atoms with Gasteiger partial charge in [0.15, 0.2) is 11.6 Å². The highest BCUT2D eigenvalue weighted by Gasteiger charge is 2.48. The van der Waals surface area contributed by atoms with E-state index in [2.05, 4.69) is 21.3 Å². The highest BCUT2D eigenvalue weighted by Crippen LogP contribution is 2.45. The number of hydrogen-bond donors (Lipinski definition) is 4. The zero-order valence-electron chi connectivity index (χ0n) is 59.6. The van der Waals surface area contributed by atoms with Gasteiger partial charge in [0.1, 0.15) is 37.4 Å². The molecule has 3 aliphatic rings. The number of hydrogen-bond acceptors (Lipinski definition) is 20. The summed E-state index contributed by atoms with van der Waals surface area (Å²) in [5.74, 6) is -9.00. The molecule has 3 aliphatic heterocycles. The number of carbonyl (C=O) groups excluding carboxylic acids is 12. The van der Waals surface area contributed by atoms with E-state index in [1.165, 1.54) is 13.0 Å². The number of methoxy groups -OCH3 is 1. The number of benzene rings is 3. The van der Waals surface area contributed by atoms with Gasteiger partial charge in [-0.25, -0.2) is 9.59 Å². The van der Waals surface area contributed by atoms with Crippen LogP contribution in [0.1, 0.15) is 140 Å². The molecule has 3 heterocycles. The monoisotopic (exact) mass is 1430 g/mol. The molecule has 3 aromatic rings. The number of hydroxylamine groups is 2. The van der Waals surface area contributed by atoms with E-state index in [0.29, 0.717) is 54.1 Å². The average Bonchev–Trinajstić information content (AvgIpc) is 1.65. The van der Waals surface area contributed by atoms with Gasteiger partial charge in [0.25, 0.3) is 11.8 Å². The van der Waals surface area contributed by atoms with Gasteiger partial charge in [0.05, 0.1) is 76.8 Å². The van der Waals surface area contributed by atoms with Gasteiger partial charge < -0.3 is 64.2 Å². The first-order valence-corrected chi connectivity index (χ1v) is 34.8. The third-order valence-electron chi connectivity index (χ3n) is 17.5. The summed E-state index contributed by atoms with van der Waals surface area (Å²) in [5, 5.41) is 12.1. The predicted molar refractivity (Wildman–Crippen MR) is 368 cm³/mol. The number of aryl methyl sites for hydroxylation is 2. The molecule has 8 atom stereocenters. The Hall–Kier alpha value is -8.27. The lowest BCUT2D eigenvalue weighted by molar-refractivity contribution is -0.198. The number of ether oxygens (including phenoxy) is 7. The number of halogens is 1. The van der Waals surface area contributed by atoms with Crippen LogP contribution in [-0.2, 0) is 121 Å². The van der Waals surface area contributed by atoms with E-state index in [1.807, 2.05) is 64.1 Å². The molecule has 2 saturated heterocycles. The van der Waals surface area contributed by atoms with Gasteiger partial charge in [0.2, 0.25) is 29.5 Å². The van der Waals surface area contributed by atoms with Gasteiger partial charge >= 0.3 is 17.9 Å². The van der Waals surface area contributed by atoms with Gasteiger partial charge in [-0.05, 0) is 97.9 Å². The second-order valence-electron chi connectivity index (χ2n) is 27.2. The minimum absolute atomic E-state index is 0.000139. The third-order valence-corrected chi connectivity index (χ3v) is 17.9. The number of epoxide rings is 1. The molecular weight excluding hydrogens is 1330 g/mol. The third kappa shape index (κ3) is 27.2. The summed E-state index contributed by atoms with van der Waals surface area (Å²) in [6.45, 7) is 16.2. The van der Waals surface area contributed by atoms with Crippen LogP contribution in [0.4, 0.5) is 0 Å². The molecule has 0 bridgehead atoms. The Bertz CT molecular complexity index is 3380. The fourth-order valence-electron chi connectivity index (χ4n) is 11.1. The number of rotatable bonds is 37. The quantitative estimate of drug-likeness (QED) is 0.0221. The summed E-state index contributed by atoms with van der Waals surface area (Å²) in [4.78, 5) is 165. The topological polar surface area (TPSA) is 337 Å². The lowest BCUT2D eigenvalue weighted by Crippen LogP contribution is -2.54. The van der Waals surface area contributed by atoms with Crippen LogP contribution in [0.5, 0.6) is 0 Å². The number of imide groups is 1. The Morgan fingerprint density at radius 3 is 2.00 bits per heavy atom. The number of cyclic esters (lactones) is 1. The highest BCUT2D eigenvalue weighted by atomic mass is 35.5. The molecule has 26 nitrogen and oxygen atoms in total. The van der Waals surface area contributed by atoms with Crippen molar-refractivity contribution in [3.8, 4) is 0 Å². The van der Waals surface area contributed by atoms with Crippen LogP contribution in [0.25, 0.3) is 0 Å². The molecule has 0 unspecified atom stereocenters. The summed E-state index contributed by atoms with van der Waals surface area (Å²) in [6, 6.07) is 17.0. The lowest BCUT2D eigenvalue weighted by atomic mass is 9.89. The maximum Gasteiger partial charge on any atom is 0.352 e. The van der Waals surface area contributed by atoms with Crippen LogP contribution >= 0.6 is 11.6 Å². The fourth-order valence-corrected chi connectivity index (χ4v) is 11.3. The fraction of sp³-hybridized carbons (Fsp3) is 0.568. The van der Waals surface area contributed by atoms with E-state index in [9.17, 15) is 57.5 Å². The molecule has 3 aromatic carbocycles. The molecule has 0 radical (unpaired) electrons. The Labute approximate surface area is 595 Å². The number of nitrogens with zero attached hydrogens (tertiary/aromatic N) is 2. The first-order valence-electron chi connectivity index (χ1n) is 34.4. The number of esters is 2. The summed E-state index contributed by atoms with van der Waals surface area (Å²) in [7, 11) is 1.57. The van der Waals surface area contributed by atoms with Crippen LogP contribution in [0.15, 0.2) is 78.9 Å². The van der Waals surface area contributed by atoms with E-state index < -0.39 is 120 Å². The minimum Gasteiger partial charge on any atom is -0.461 e. The first-order chi connectivity index (χ1) is 48.0. The number of ketones is 2. The molecule has 6 rings (SSSR count). The molecule has 0 aliphatic carbocycles. The van der Waals surface area contributed by atoms with Crippen molar-refractivity contribution in [3.63, 3.8) is 0 Å². The molecule has 552 valence electrons. The number of nitrogens with one attached hydrogen (secondary N) is 4. The number of carbonyl (C=O) groups is 12. The van der Waals surface area contributed by atoms with Crippen molar-refractivity contribution in [3.05, 3.63) is 117 Å². The van der Waals surface area contributed by atoms with Crippen molar-refractivity contribution in [2.75, 3.05) is 73.0 Å². The summed E-state index contributed by atoms with van der Waals surface area (Å²) < 4.78 is 39.3. The zero-order chi connectivity index (χ0) is 73.9. The molecular formula is C74H99ClN6O20. The van der Waals surface area contributed by atoms with Crippen LogP contribution in [0.2, 0.25) is 5.02 Å². The van der Waals surface area contributed by atoms with Crippen molar-refractivity contribution < 1.29 is 95.5 Å². The van der Waals surface area contributed by atoms with E-state index in [0.717, 1.165) is 27.2 Å². The number of Topliss-reactive ketones (excluding diaryl/α,β-unsaturated/α-hetero) is 2. The number of amides is 7. The molecule has 2 fully saturated rings. The van der Waals surface area contributed by atoms with E-state index in [1.54, 1.807) is 71.2 Å². The van der Waals surface area contributed by atoms with Gasteiger partial charge in [-0.3, -0.25) is 47.9 Å². The standard InChI is InChI=1S/C74H99ClN6O20/c1-45(2)36-59-72(92)99-61(12-11-13-62(84)78-58(38-53-15-14-47(5)57(75)37-53)71(91)76-44-74(8,9)73(93)79-59)48(6)68-69(100-68)54-23-20-50(21-24-54)22-27-66(88)98-43-52-18-16-51(17-19-52)39-60(83)49(7)77-70(90)56(46(3)4)40-55(82)41-80(42-67(89)101-81-64(86)25-26-65(81)87)63(85)28-29-95-32-33-97-35-34-96-31-30-94-10/h11,13-21,23-24,37,45-46,48-49,56,58-59,61,68-69H,12,22,25-36,38-44H2,1-10H3,(H,76,91)(H,77,90)(H,78,84)(H,79,93)/b13-11+/t48-,49-,56-,58+,59-,61-,68+,69+/m0/s1. The summed E-state index contributed by atoms with van der Waals surface area (Å²) in [5.41, 5.74) is 3.48. The van der Waals surface area contributed by atoms with Gasteiger partial charge in [-0.15, -0.1) is 5.06 Å². The van der Waals surface area contributed by atoms with Crippen LogP contribution in [-0.4, -0.2) is 184 Å². The first kappa shape index (κ1) is 81.7. The molecule has 0 aromatic heterocycles. The predicted octanol–water partition coefficient (Wildman–Crippen LogP) is 6.04. The lowest BCUT2D eigenvalue weighted by Gasteiger charge is -2.30. The van der Waals surface area contributed by atoms with Crippen molar-refractivity contribution in [1.29, 1.82) is 0 Å². The molecule has 7 amide bonds. The van der Waals surface area contributed by atoms with Gasteiger partial charge in [0, 0.05) is 75.5 Å². The molecule has 0 saturated carbocycles. The van der Waals surface area contributed by atoms with E-state index >= 15 is 0 Å². The zero-order valence-corrected chi connectivity index (χ0v) is 60.3. The summed E-state index contributed by atoms with van der Waals surface area (Å²) in [6.07, 6.45) is 1.47. The molecule has 4 N–H and O–H groups in total. The van der Waals surface area contributed by atoms with E-state index in [4.69, 9.17) is 49.6 Å². The molecule has 27 heteroatoms. The Kier molecular flexibility index (Phi) is 32.7.